The van der Waals surface area contributed by atoms with Gasteiger partial charge in [-0.25, -0.2) is 0 Å². The Morgan fingerprint density at radius 3 is 2.26 bits per heavy atom. The van der Waals surface area contributed by atoms with Crippen LogP contribution in [0, 0.1) is 6.92 Å². The average molecular weight is 421 g/mol. The molecule has 2 aliphatic rings. The Balaban J connectivity index is 0.000000465. The normalized spacial score (nSPS) is 16.4. The van der Waals surface area contributed by atoms with Gasteiger partial charge in [-0.05, 0) is 88.3 Å². The molecule has 1 N–H and O–H groups in total. The molecule has 1 aliphatic heterocycles. The van der Waals surface area contributed by atoms with Gasteiger partial charge in [0, 0.05) is 18.3 Å². The number of aryl methyl sites for hydroxylation is 3. The minimum atomic E-state index is 0.999. The maximum Gasteiger partial charge on any atom is 0.0740 e. The van der Waals surface area contributed by atoms with Crippen molar-refractivity contribution in [2.45, 2.75) is 81.1 Å². The van der Waals surface area contributed by atoms with E-state index in [-0.39, 0.29) is 0 Å². The number of hydrogen-bond acceptors (Lipinski definition) is 2. The van der Waals surface area contributed by atoms with E-state index in [9.17, 15) is 0 Å². The monoisotopic (exact) mass is 420 g/mol. The van der Waals surface area contributed by atoms with Crippen LogP contribution >= 0.6 is 0 Å². The van der Waals surface area contributed by atoms with E-state index in [1.807, 2.05) is 40.8 Å². The van der Waals surface area contributed by atoms with Gasteiger partial charge in [0.05, 0.1) is 5.69 Å². The number of hydrogen-bond donors (Lipinski definition) is 1. The van der Waals surface area contributed by atoms with Crippen molar-refractivity contribution in [3.63, 3.8) is 0 Å². The van der Waals surface area contributed by atoms with E-state index in [4.69, 9.17) is 4.98 Å². The van der Waals surface area contributed by atoms with Crippen molar-refractivity contribution < 1.29 is 0 Å². The highest BCUT2D eigenvalue weighted by Crippen LogP contribution is 2.36. The van der Waals surface area contributed by atoms with Gasteiger partial charge in [-0.15, -0.1) is 0 Å². The molecular weight excluding hydrogens is 376 g/mol. The Labute approximate surface area is 191 Å². The number of fused-ring (bicyclic) bond motifs is 2. The van der Waals surface area contributed by atoms with Crippen LogP contribution < -0.4 is 5.32 Å². The summed E-state index contributed by atoms with van der Waals surface area (Å²) in [5, 5.41) is 3.54. The van der Waals surface area contributed by atoms with Crippen LogP contribution in [0.2, 0.25) is 0 Å². The van der Waals surface area contributed by atoms with Gasteiger partial charge in [-0.3, -0.25) is 4.98 Å². The van der Waals surface area contributed by atoms with E-state index in [0.717, 1.165) is 25.9 Å². The van der Waals surface area contributed by atoms with Crippen LogP contribution in [0.15, 0.2) is 53.8 Å². The Bertz CT molecular complexity index is 847. The lowest BCUT2D eigenvalue weighted by Crippen LogP contribution is -2.25. The van der Waals surface area contributed by atoms with E-state index in [1.165, 1.54) is 57.5 Å². The second kappa shape index (κ2) is 14.8. The lowest BCUT2D eigenvalue weighted by Gasteiger charge is -2.22. The highest BCUT2D eigenvalue weighted by molar-refractivity contribution is 5.84. The average Bonchev–Trinajstić information content (AvgIpc) is 2.99. The van der Waals surface area contributed by atoms with E-state index < -0.39 is 0 Å². The molecule has 31 heavy (non-hydrogen) atoms. The van der Waals surface area contributed by atoms with E-state index in [2.05, 4.69) is 62.5 Å². The number of benzene rings is 1. The highest BCUT2D eigenvalue weighted by Gasteiger charge is 2.23. The van der Waals surface area contributed by atoms with Gasteiger partial charge in [-0.1, -0.05) is 69.2 Å². The van der Waals surface area contributed by atoms with Crippen molar-refractivity contribution in [3.05, 3.63) is 81.7 Å². The zero-order chi connectivity index (χ0) is 23.2. The summed E-state index contributed by atoms with van der Waals surface area (Å²) in [6.07, 6.45) is 8.63. The fourth-order valence-corrected chi connectivity index (χ4v) is 3.76. The molecule has 4 rings (SSSR count). The molecule has 2 aromatic rings. The predicted octanol–water partition coefficient (Wildman–Crippen LogP) is 7.70. The molecule has 0 radical (unpaired) electrons. The Hall–Kier alpha value is -2.19. The summed E-state index contributed by atoms with van der Waals surface area (Å²) < 4.78 is 0. The van der Waals surface area contributed by atoms with E-state index >= 15 is 0 Å². The summed E-state index contributed by atoms with van der Waals surface area (Å²) in [5.41, 5.74) is 11.1. The number of nitrogens with zero attached hydrogens (tertiary/aromatic N) is 1. The zero-order valence-electron chi connectivity index (χ0n) is 21.2. The number of aromatic nitrogens is 1. The number of piperidine rings is 1. The molecule has 1 saturated heterocycles. The van der Waals surface area contributed by atoms with Crippen molar-refractivity contribution >= 4 is 5.57 Å². The summed E-state index contributed by atoms with van der Waals surface area (Å²) in [6.45, 7) is 18.5. The van der Waals surface area contributed by atoms with Crippen molar-refractivity contribution in [1.82, 2.24) is 10.3 Å². The van der Waals surface area contributed by atoms with Gasteiger partial charge in [0.15, 0.2) is 0 Å². The molecule has 2 heteroatoms. The molecule has 1 fully saturated rings. The Kier molecular flexibility index (Phi) is 12.8. The molecule has 1 aromatic heterocycles. The molecule has 170 valence electrons. The minimum absolute atomic E-state index is 0.999. The Morgan fingerprint density at radius 2 is 1.65 bits per heavy atom. The number of nitrogens with one attached hydrogen (secondary N) is 1. The van der Waals surface area contributed by atoms with Crippen molar-refractivity contribution in [2.75, 3.05) is 13.1 Å². The topological polar surface area (TPSA) is 24.9 Å². The number of pyridine rings is 1. The largest absolute Gasteiger partial charge is 0.313 e. The van der Waals surface area contributed by atoms with E-state index in [1.54, 1.807) is 0 Å². The van der Waals surface area contributed by atoms with Crippen LogP contribution in [0.1, 0.15) is 89.3 Å². The van der Waals surface area contributed by atoms with Gasteiger partial charge in [-0.2, -0.15) is 0 Å². The van der Waals surface area contributed by atoms with Crippen molar-refractivity contribution in [2.24, 2.45) is 0 Å². The lowest BCUT2D eigenvalue weighted by atomic mass is 9.89. The lowest BCUT2D eigenvalue weighted by molar-refractivity contribution is 0.611. The first kappa shape index (κ1) is 26.8. The van der Waals surface area contributed by atoms with Gasteiger partial charge < -0.3 is 5.32 Å². The number of allylic oxidation sites excluding steroid dienone is 2. The first-order chi connectivity index (χ1) is 15.1. The SMILES string of the molecule is CC.CC.CC=C(C)C.Cc1ccc2c(c1)CCc1cccnc1/C2=C1/CCCNC1. The second-order valence-electron chi connectivity index (χ2n) is 7.80. The second-order valence-corrected chi connectivity index (χ2v) is 7.80. The highest BCUT2D eigenvalue weighted by atomic mass is 14.9. The first-order valence-electron chi connectivity index (χ1n) is 12.2. The summed E-state index contributed by atoms with van der Waals surface area (Å²) in [7, 11) is 0. The van der Waals surface area contributed by atoms with Gasteiger partial charge in [0.25, 0.3) is 0 Å². The van der Waals surface area contributed by atoms with Crippen LogP contribution in [-0.2, 0) is 12.8 Å². The molecule has 2 heterocycles. The molecule has 0 saturated carbocycles. The molecule has 0 atom stereocenters. The molecule has 0 bridgehead atoms. The maximum atomic E-state index is 4.77. The summed E-state index contributed by atoms with van der Waals surface area (Å²) in [5.74, 6) is 0. The molecular formula is C29H44N2. The standard InChI is InChI=1S/C20H22N2.C5H10.2C2H6/c1-14-6-9-18-16(12-14)8-7-15-4-3-11-22-20(15)19(18)17-5-2-10-21-13-17;1-4-5(2)3;2*1-2/h3-4,6,9,11-12,21H,2,5,7-8,10,13H2,1H3;4H,1-3H3;2*1-2H3/b19-17-;;;. The molecule has 0 amide bonds. The summed E-state index contributed by atoms with van der Waals surface area (Å²) in [4.78, 5) is 4.77. The van der Waals surface area contributed by atoms with Crippen molar-refractivity contribution in [3.8, 4) is 0 Å². The molecule has 2 nitrogen and oxygen atoms in total. The van der Waals surface area contributed by atoms with Crippen LogP contribution in [0.4, 0.5) is 0 Å². The van der Waals surface area contributed by atoms with Gasteiger partial charge in [0.2, 0.25) is 0 Å². The molecule has 1 aromatic carbocycles. The van der Waals surface area contributed by atoms with Crippen LogP contribution in [0.25, 0.3) is 5.57 Å². The minimum Gasteiger partial charge on any atom is -0.313 e. The predicted molar refractivity (Wildman–Crippen MR) is 139 cm³/mol. The summed E-state index contributed by atoms with van der Waals surface area (Å²) >= 11 is 0. The summed E-state index contributed by atoms with van der Waals surface area (Å²) in [6, 6.07) is 11.2. The van der Waals surface area contributed by atoms with Crippen molar-refractivity contribution in [1.29, 1.82) is 0 Å². The molecule has 0 unspecified atom stereocenters. The zero-order valence-corrected chi connectivity index (χ0v) is 21.2. The smallest absolute Gasteiger partial charge is 0.0740 e. The van der Waals surface area contributed by atoms with Gasteiger partial charge >= 0.3 is 0 Å². The third kappa shape index (κ3) is 7.78. The third-order valence-electron chi connectivity index (χ3n) is 5.42. The Morgan fingerprint density at radius 1 is 0.968 bits per heavy atom. The fraction of sp³-hybridized carbons (Fsp3) is 0.483. The molecule has 1 aliphatic carbocycles. The fourth-order valence-electron chi connectivity index (χ4n) is 3.76. The maximum absolute atomic E-state index is 4.77. The van der Waals surface area contributed by atoms with Crippen LogP contribution in [0.3, 0.4) is 0 Å². The third-order valence-corrected chi connectivity index (χ3v) is 5.42. The van der Waals surface area contributed by atoms with Gasteiger partial charge in [0.1, 0.15) is 0 Å². The quantitative estimate of drug-likeness (QED) is 0.442. The van der Waals surface area contributed by atoms with Crippen LogP contribution in [-0.4, -0.2) is 18.1 Å². The molecule has 0 spiro atoms. The first-order valence-corrected chi connectivity index (χ1v) is 12.2. The van der Waals surface area contributed by atoms with Crippen LogP contribution in [0.5, 0.6) is 0 Å². The van der Waals surface area contributed by atoms with E-state index in [0.29, 0.717) is 0 Å². The number of rotatable bonds is 0.